The molecule has 0 radical (unpaired) electrons. The first-order chi connectivity index (χ1) is 8.58. The highest BCUT2D eigenvalue weighted by Gasteiger charge is 2.05. The molecule has 1 aromatic heterocycles. The van der Waals surface area contributed by atoms with Crippen LogP contribution in [0, 0.1) is 6.92 Å². The Bertz CT molecular complexity index is 552. The summed E-state index contributed by atoms with van der Waals surface area (Å²) in [5.41, 5.74) is 7.37. The third-order valence-electron chi connectivity index (χ3n) is 2.47. The quantitative estimate of drug-likeness (QED) is 0.922. The highest BCUT2D eigenvalue weighted by Crippen LogP contribution is 2.26. The van der Waals surface area contributed by atoms with E-state index in [1.54, 1.807) is 12.1 Å². The van der Waals surface area contributed by atoms with Gasteiger partial charge in [0.1, 0.15) is 5.75 Å². The number of benzene rings is 1. The van der Waals surface area contributed by atoms with Crippen LogP contribution < -0.4 is 10.5 Å². The summed E-state index contributed by atoms with van der Waals surface area (Å²) in [5, 5.41) is 0.739. The standard InChI is InChI=1S/C13H14ClN3O/c1-3-9-7-10(4-5-11(9)14)18-12-6-8(2)16-13(15)17-12/h4-7H,3H2,1-2H3,(H2,15,16,17). The van der Waals surface area contributed by atoms with Crippen molar-refractivity contribution in [2.24, 2.45) is 0 Å². The Labute approximate surface area is 111 Å². The number of hydrogen-bond donors (Lipinski definition) is 1. The number of ether oxygens (including phenoxy) is 1. The molecular weight excluding hydrogens is 250 g/mol. The average molecular weight is 264 g/mol. The maximum atomic E-state index is 6.05. The number of aromatic nitrogens is 2. The molecule has 2 aromatic rings. The Morgan fingerprint density at radius 3 is 2.72 bits per heavy atom. The molecule has 0 aliphatic rings. The molecule has 2 N–H and O–H groups in total. The highest BCUT2D eigenvalue weighted by molar-refractivity contribution is 6.31. The van der Waals surface area contributed by atoms with Crippen molar-refractivity contribution in [2.75, 3.05) is 5.73 Å². The molecule has 0 spiro atoms. The molecule has 1 heterocycles. The largest absolute Gasteiger partial charge is 0.439 e. The number of anilines is 1. The molecule has 4 nitrogen and oxygen atoms in total. The minimum Gasteiger partial charge on any atom is -0.439 e. The van der Waals surface area contributed by atoms with Crippen LogP contribution in [-0.4, -0.2) is 9.97 Å². The van der Waals surface area contributed by atoms with Crippen LogP contribution in [-0.2, 0) is 6.42 Å². The molecule has 0 saturated heterocycles. The molecule has 0 aliphatic carbocycles. The lowest BCUT2D eigenvalue weighted by Gasteiger charge is -2.08. The Balaban J connectivity index is 2.28. The van der Waals surface area contributed by atoms with E-state index in [-0.39, 0.29) is 5.95 Å². The lowest BCUT2D eigenvalue weighted by atomic mass is 10.1. The van der Waals surface area contributed by atoms with Gasteiger partial charge in [-0.05, 0) is 37.1 Å². The topological polar surface area (TPSA) is 61.0 Å². The van der Waals surface area contributed by atoms with E-state index in [0.29, 0.717) is 11.6 Å². The van der Waals surface area contributed by atoms with Gasteiger partial charge in [-0.2, -0.15) is 4.98 Å². The van der Waals surface area contributed by atoms with Crippen molar-refractivity contribution in [2.45, 2.75) is 20.3 Å². The van der Waals surface area contributed by atoms with Crippen molar-refractivity contribution in [3.05, 3.63) is 40.5 Å². The summed E-state index contributed by atoms with van der Waals surface area (Å²) in [7, 11) is 0. The van der Waals surface area contributed by atoms with Crippen LogP contribution >= 0.6 is 11.6 Å². The van der Waals surface area contributed by atoms with Gasteiger partial charge in [0.25, 0.3) is 0 Å². The van der Waals surface area contributed by atoms with Crippen molar-refractivity contribution in [1.82, 2.24) is 9.97 Å². The smallest absolute Gasteiger partial charge is 0.224 e. The van der Waals surface area contributed by atoms with Crippen molar-refractivity contribution < 1.29 is 4.74 Å². The molecule has 0 bridgehead atoms. The van der Waals surface area contributed by atoms with Crippen LogP contribution in [0.5, 0.6) is 11.6 Å². The molecule has 1 aromatic carbocycles. The lowest BCUT2D eigenvalue weighted by Crippen LogP contribution is -1.99. The molecule has 2 rings (SSSR count). The second kappa shape index (κ2) is 5.23. The van der Waals surface area contributed by atoms with E-state index in [2.05, 4.69) is 9.97 Å². The predicted octanol–water partition coefficient (Wildman–Crippen LogP) is 3.38. The first-order valence-corrected chi connectivity index (χ1v) is 6.03. The van der Waals surface area contributed by atoms with Crippen molar-refractivity contribution in [1.29, 1.82) is 0 Å². The number of nitrogens with zero attached hydrogens (tertiary/aromatic N) is 2. The summed E-state index contributed by atoms with van der Waals surface area (Å²) in [5.74, 6) is 1.33. The van der Waals surface area contributed by atoms with Crippen molar-refractivity contribution in [3.8, 4) is 11.6 Å². The fourth-order valence-corrected chi connectivity index (χ4v) is 1.87. The van der Waals surface area contributed by atoms with Crippen LogP contribution in [0.2, 0.25) is 5.02 Å². The SMILES string of the molecule is CCc1cc(Oc2cc(C)nc(N)n2)ccc1Cl. The van der Waals surface area contributed by atoms with Gasteiger partial charge in [-0.25, -0.2) is 4.98 Å². The fourth-order valence-electron chi connectivity index (χ4n) is 1.62. The minimum absolute atomic E-state index is 0.203. The Morgan fingerprint density at radius 1 is 1.28 bits per heavy atom. The monoisotopic (exact) mass is 263 g/mol. The zero-order valence-electron chi connectivity index (χ0n) is 10.3. The summed E-state index contributed by atoms with van der Waals surface area (Å²) in [6, 6.07) is 7.24. The first kappa shape index (κ1) is 12.6. The molecular formula is C13H14ClN3O. The number of halogens is 1. The van der Waals surface area contributed by atoms with Gasteiger partial charge in [-0.1, -0.05) is 18.5 Å². The molecule has 0 amide bonds. The van der Waals surface area contributed by atoms with E-state index >= 15 is 0 Å². The predicted molar refractivity (Wildman–Crippen MR) is 72.1 cm³/mol. The van der Waals surface area contributed by atoms with Crippen LogP contribution in [0.3, 0.4) is 0 Å². The summed E-state index contributed by atoms with van der Waals surface area (Å²) in [4.78, 5) is 8.01. The van der Waals surface area contributed by atoms with Crippen molar-refractivity contribution in [3.63, 3.8) is 0 Å². The Kier molecular flexibility index (Phi) is 3.67. The summed E-state index contributed by atoms with van der Waals surface area (Å²) < 4.78 is 5.65. The van der Waals surface area contributed by atoms with Gasteiger partial charge in [0, 0.05) is 16.8 Å². The van der Waals surface area contributed by atoms with Gasteiger partial charge in [-0.15, -0.1) is 0 Å². The van der Waals surface area contributed by atoms with E-state index in [9.17, 15) is 0 Å². The van der Waals surface area contributed by atoms with Gasteiger partial charge < -0.3 is 10.5 Å². The molecule has 0 saturated carbocycles. The lowest BCUT2D eigenvalue weighted by molar-refractivity contribution is 0.461. The van der Waals surface area contributed by atoms with Gasteiger partial charge in [0.2, 0.25) is 11.8 Å². The summed E-state index contributed by atoms with van der Waals surface area (Å²) in [6.45, 7) is 3.88. The summed E-state index contributed by atoms with van der Waals surface area (Å²) >= 11 is 6.05. The highest BCUT2D eigenvalue weighted by atomic mass is 35.5. The number of nitrogens with two attached hydrogens (primary N) is 1. The van der Waals surface area contributed by atoms with Gasteiger partial charge in [0.05, 0.1) is 0 Å². The second-order valence-corrected chi connectivity index (χ2v) is 4.32. The van der Waals surface area contributed by atoms with Gasteiger partial charge in [0.15, 0.2) is 0 Å². The van der Waals surface area contributed by atoms with E-state index in [1.807, 2.05) is 26.0 Å². The Hall–Kier alpha value is -1.81. The van der Waals surface area contributed by atoms with Crippen LogP contribution in [0.15, 0.2) is 24.3 Å². The van der Waals surface area contributed by atoms with Crippen molar-refractivity contribution >= 4 is 17.5 Å². The number of aryl methyl sites for hydroxylation is 2. The zero-order chi connectivity index (χ0) is 13.1. The van der Waals surface area contributed by atoms with E-state index in [4.69, 9.17) is 22.1 Å². The third kappa shape index (κ3) is 2.90. The number of hydrogen-bond acceptors (Lipinski definition) is 4. The molecule has 0 fully saturated rings. The van der Waals surface area contributed by atoms with Crippen LogP contribution in [0.1, 0.15) is 18.2 Å². The second-order valence-electron chi connectivity index (χ2n) is 3.91. The molecule has 5 heteroatoms. The molecule has 0 unspecified atom stereocenters. The maximum absolute atomic E-state index is 6.05. The number of nitrogen functional groups attached to an aromatic ring is 1. The molecule has 0 aliphatic heterocycles. The van der Waals surface area contributed by atoms with E-state index < -0.39 is 0 Å². The molecule has 94 valence electrons. The minimum atomic E-state index is 0.203. The number of rotatable bonds is 3. The van der Waals surface area contributed by atoms with Gasteiger partial charge in [-0.3, -0.25) is 0 Å². The normalized spacial score (nSPS) is 10.4. The maximum Gasteiger partial charge on any atom is 0.224 e. The fraction of sp³-hybridized carbons (Fsp3) is 0.231. The van der Waals surface area contributed by atoms with Crippen LogP contribution in [0.25, 0.3) is 0 Å². The van der Waals surface area contributed by atoms with Gasteiger partial charge >= 0.3 is 0 Å². The zero-order valence-corrected chi connectivity index (χ0v) is 11.0. The average Bonchev–Trinajstić information content (AvgIpc) is 2.30. The van der Waals surface area contributed by atoms with E-state index in [0.717, 1.165) is 22.7 Å². The third-order valence-corrected chi connectivity index (χ3v) is 2.84. The molecule has 18 heavy (non-hydrogen) atoms. The Morgan fingerprint density at radius 2 is 2.06 bits per heavy atom. The van der Waals surface area contributed by atoms with Crippen LogP contribution in [0.4, 0.5) is 5.95 Å². The summed E-state index contributed by atoms with van der Waals surface area (Å²) in [6.07, 6.45) is 0.848. The molecule has 0 atom stereocenters. The first-order valence-electron chi connectivity index (χ1n) is 5.66. The van der Waals surface area contributed by atoms with E-state index in [1.165, 1.54) is 0 Å².